The molecule has 1 saturated heterocycles. The van der Waals surface area contributed by atoms with Gasteiger partial charge >= 0.3 is 0 Å². The van der Waals surface area contributed by atoms with Crippen molar-refractivity contribution in [2.45, 2.75) is 6.42 Å². The summed E-state index contributed by atoms with van der Waals surface area (Å²) in [5.41, 5.74) is 3.62. The smallest absolute Gasteiger partial charge is 0.256 e. The highest BCUT2D eigenvalue weighted by Crippen LogP contribution is 2.16. The Bertz CT molecular complexity index is 461. The van der Waals surface area contributed by atoms with E-state index in [1.54, 1.807) is 29.2 Å². The lowest BCUT2D eigenvalue weighted by atomic mass is 10.1. The summed E-state index contributed by atoms with van der Waals surface area (Å²) >= 11 is 0. The molecular formula is C12H16N4O2. The number of rotatable bonds is 2. The summed E-state index contributed by atoms with van der Waals surface area (Å²) in [5.74, 6) is 5.25. The largest absolute Gasteiger partial charge is 0.354 e. The third-order valence-corrected chi connectivity index (χ3v) is 2.91. The Kier molecular flexibility index (Phi) is 3.78. The van der Waals surface area contributed by atoms with E-state index in [9.17, 15) is 9.59 Å². The molecule has 96 valence electrons. The molecule has 1 fully saturated rings. The Morgan fingerprint density at radius 1 is 1.33 bits per heavy atom. The van der Waals surface area contributed by atoms with Crippen LogP contribution in [0.3, 0.4) is 0 Å². The van der Waals surface area contributed by atoms with Gasteiger partial charge in [0.15, 0.2) is 0 Å². The molecule has 1 aliphatic rings. The van der Waals surface area contributed by atoms with Crippen LogP contribution in [0.5, 0.6) is 0 Å². The molecule has 18 heavy (non-hydrogen) atoms. The molecule has 2 rings (SSSR count). The molecule has 0 spiro atoms. The number of hydrogen-bond acceptors (Lipinski definition) is 4. The van der Waals surface area contributed by atoms with Crippen LogP contribution in [0, 0.1) is 0 Å². The summed E-state index contributed by atoms with van der Waals surface area (Å²) in [4.78, 5) is 25.2. The van der Waals surface area contributed by atoms with Gasteiger partial charge < -0.3 is 15.6 Å². The zero-order chi connectivity index (χ0) is 13.0. The Labute approximate surface area is 105 Å². The van der Waals surface area contributed by atoms with Crippen LogP contribution < -0.4 is 16.6 Å². The van der Waals surface area contributed by atoms with Crippen molar-refractivity contribution in [2.75, 3.05) is 25.1 Å². The quantitative estimate of drug-likeness (QED) is 0.505. The first-order valence-electron chi connectivity index (χ1n) is 5.84. The zero-order valence-electron chi connectivity index (χ0n) is 9.98. The monoisotopic (exact) mass is 248 g/mol. The summed E-state index contributed by atoms with van der Waals surface area (Å²) in [5, 5.41) is 2.74. The highest BCUT2D eigenvalue weighted by Gasteiger charge is 2.21. The second-order valence-corrected chi connectivity index (χ2v) is 4.08. The number of benzene rings is 1. The number of carbonyl (C=O) groups excluding carboxylic acids is 2. The number of nitrogens with two attached hydrogens (primary N) is 1. The Morgan fingerprint density at radius 3 is 2.89 bits per heavy atom. The van der Waals surface area contributed by atoms with E-state index >= 15 is 0 Å². The Morgan fingerprint density at radius 2 is 2.11 bits per heavy atom. The van der Waals surface area contributed by atoms with Crippen molar-refractivity contribution in [1.29, 1.82) is 0 Å². The normalized spacial score (nSPS) is 15.8. The van der Waals surface area contributed by atoms with Crippen molar-refractivity contribution >= 4 is 17.5 Å². The van der Waals surface area contributed by atoms with Crippen molar-refractivity contribution in [3.8, 4) is 0 Å². The maximum atomic E-state index is 12.3. The zero-order valence-corrected chi connectivity index (χ0v) is 9.98. The minimum Gasteiger partial charge on any atom is -0.354 e. The van der Waals surface area contributed by atoms with Crippen LogP contribution in [0.15, 0.2) is 24.3 Å². The number of hydrogen-bond donors (Lipinski definition) is 3. The van der Waals surface area contributed by atoms with Crippen LogP contribution in [0.25, 0.3) is 0 Å². The van der Waals surface area contributed by atoms with E-state index in [-0.39, 0.29) is 11.8 Å². The third-order valence-electron chi connectivity index (χ3n) is 2.91. The Hall–Kier alpha value is -2.08. The molecule has 1 aromatic rings. The summed E-state index contributed by atoms with van der Waals surface area (Å²) in [6.07, 6.45) is 0.337. The van der Waals surface area contributed by atoms with Crippen LogP contribution in [-0.2, 0) is 4.79 Å². The fourth-order valence-corrected chi connectivity index (χ4v) is 1.94. The summed E-state index contributed by atoms with van der Waals surface area (Å²) in [6.45, 7) is 1.44. The number of para-hydroxylation sites is 1. The lowest BCUT2D eigenvalue weighted by Crippen LogP contribution is -2.34. The van der Waals surface area contributed by atoms with Gasteiger partial charge in [-0.2, -0.15) is 0 Å². The molecule has 0 radical (unpaired) electrons. The SMILES string of the molecule is NNc1ccccc1C(=O)N1CCNC(=O)CC1. The first-order chi connectivity index (χ1) is 8.72. The highest BCUT2D eigenvalue weighted by atomic mass is 16.2. The van der Waals surface area contributed by atoms with E-state index in [2.05, 4.69) is 10.7 Å². The number of nitrogen functional groups attached to an aromatic ring is 1. The molecular weight excluding hydrogens is 232 g/mol. The van der Waals surface area contributed by atoms with Crippen molar-refractivity contribution in [3.05, 3.63) is 29.8 Å². The van der Waals surface area contributed by atoms with E-state index in [1.165, 1.54) is 0 Å². The van der Waals surface area contributed by atoms with Gasteiger partial charge in [-0.1, -0.05) is 12.1 Å². The van der Waals surface area contributed by atoms with Crippen LogP contribution >= 0.6 is 0 Å². The van der Waals surface area contributed by atoms with Gasteiger partial charge in [0.05, 0.1) is 11.3 Å². The van der Waals surface area contributed by atoms with Gasteiger partial charge in [0.2, 0.25) is 5.91 Å². The van der Waals surface area contributed by atoms with Gasteiger partial charge in [-0.25, -0.2) is 0 Å². The van der Waals surface area contributed by atoms with Crippen molar-refractivity contribution in [3.63, 3.8) is 0 Å². The molecule has 6 nitrogen and oxygen atoms in total. The van der Waals surface area contributed by atoms with Crippen molar-refractivity contribution in [2.24, 2.45) is 5.84 Å². The molecule has 0 saturated carbocycles. The average Bonchev–Trinajstić information content (AvgIpc) is 2.62. The van der Waals surface area contributed by atoms with E-state index in [0.717, 1.165) is 0 Å². The molecule has 2 amide bonds. The van der Waals surface area contributed by atoms with Gasteiger partial charge in [-0.15, -0.1) is 0 Å². The van der Waals surface area contributed by atoms with Crippen LogP contribution in [0.1, 0.15) is 16.8 Å². The van der Waals surface area contributed by atoms with Crippen LogP contribution in [0.2, 0.25) is 0 Å². The maximum Gasteiger partial charge on any atom is 0.256 e. The summed E-state index contributed by atoms with van der Waals surface area (Å²) in [7, 11) is 0. The molecule has 0 atom stereocenters. The molecule has 0 aromatic heterocycles. The summed E-state index contributed by atoms with van der Waals surface area (Å²) in [6, 6.07) is 7.06. The minimum atomic E-state index is -0.111. The van der Waals surface area contributed by atoms with Crippen molar-refractivity contribution < 1.29 is 9.59 Å². The molecule has 1 heterocycles. The fourth-order valence-electron chi connectivity index (χ4n) is 1.94. The van der Waals surface area contributed by atoms with Gasteiger partial charge in [0.25, 0.3) is 5.91 Å². The first-order valence-corrected chi connectivity index (χ1v) is 5.84. The van der Waals surface area contributed by atoms with E-state index < -0.39 is 0 Å². The topological polar surface area (TPSA) is 87.5 Å². The number of nitrogens with zero attached hydrogens (tertiary/aromatic N) is 1. The van der Waals surface area contributed by atoms with Crippen molar-refractivity contribution in [1.82, 2.24) is 10.2 Å². The third kappa shape index (κ3) is 2.60. The van der Waals surface area contributed by atoms with Crippen LogP contribution in [0.4, 0.5) is 5.69 Å². The van der Waals surface area contributed by atoms with E-state index in [1.807, 2.05) is 0 Å². The van der Waals surface area contributed by atoms with Gasteiger partial charge in [0, 0.05) is 26.1 Å². The highest BCUT2D eigenvalue weighted by molar-refractivity contribution is 5.99. The van der Waals surface area contributed by atoms with E-state index in [0.29, 0.717) is 37.3 Å². The molecule has 0 unspecified atom stereocenters. The predicted octanol–water partition coefficient (Wildman–Crippen LogP) is -0.0657. The number of carbonyl (C=O) groups is 2. The first kappa shape index (κ1) is 12.4. The number of hydrazine groups is 1. The molecule has 1 aromatic carbocycles. The lowest BCUT2D eigenvalue weighted by molar-refractivity contribution is -0.120. The average molecular weight is 248 g/mol. The number of anilines is 1. The maximum absolute atomic E-state index is 12.3. The molecule has 4 N–H and O–H groups in total. The van der Waals surface area contributed by atoms with E-state index in [4.69, 9.17) is 5.84 Å². The number of nitrogens with one attached hydrogen (secondary N) is 2. The summed E-state index contributed by atoms with van der Waals surface area (Å²) < 4.78 is 0. The predicted molar refractivity (Wildman–Crippen MR) is 67.8 cm³/mol. The minimum absolute atomic E-state index is 0.0180. The standard InChI is InChI=1S/C12H16N4O2/c13-15-10-4-2-1-3-9(10)12(18)16-7-5-11(17)14-6-8-16/h1-4,15H,5-8,13H2,(H,14,17). The molecule has 6 heteroatoms. The second-order valence-electron chi connectivity index (χ2n) is 4.08. The Balaban J connectivity index is 2.17. The van der Waals surface area contributed by atoms with Gasteiger partial charge in [0.1, 0.15) is 0 Å². The molecule has 0 bridgehead atoms. The molecule has 1 aliphatic heterocycles. The second kappa shape index (κ2) is 5.50. The fraction of sp³-hybridized carbons (Fsp3) is 0.333. The van der Waals surface area contributed by atoms with Gasteiger partial charge in [-0.3, -0.25) is 15.4 Å². The number of amides is 2. The van der Waals surface area contributed by atoms with Crippen LogP contribution in [-0.4, -0.2) is 36.3 Å². The molecule has 0 aliphatic carbocycles. The van der Waals surface area contributed by atoms with Gasteiger partial charge in [-0.05, 0) is 12.1 Å². The lowest BCUT2D eigenvalue weighted by Gasteiger charge is -2.20.